The summed E-state index contributed by atoms with van der Waals surface area (Å²) in [6, 6.07) is 5.52. The van der Waals surface area contributed by atoms with E-state index in [1.807, 2.05) is 4.90 Å². The Hall–Kier alpha value is -5.06. The number of carbonyl (C=O) groups is 2. The van der Waals surface area contributed by atoms with Crippen LogP contribution in [0, 0.1) is 40.5 Å². The minimum absolute atomic E-state index is 0.0920. The second-order valence-electron chi connectivity index (χ2n) is 7.82. The van der Waals surface area contributed by atoms with Crippen LogP contribution >= 0.6 is 0 Å². The van der Waals surface area contributed by atoms with E-state index in [0.717, 1.165) is 30.3 Å². The molecule has 0 aliphatic carbocycles. The predicted octanol–water partition coefficient (Wildman–Crippen LogP) is 1.51. The number of amides is 2. The van der Waals surface area contributed by atoms with E-state index in [4.69, 9.17) is 0 Å². The predicted molar refractivity (Wildman–Crippen MR) is 124 cm³/mol. The SMILES string of the molecule is O=C(NCCN1CCN(C(=O)c2ccc([N+](=O)[O-])cc2[N+](=O)[O-])CC1)c1ccc([N+](=O)[O-])cc1[N+](=O)[O-]. The Bertz CT molecular complexity index is 1290. The van der Waals surface area contributed by atoms with Gasteiger partial charge in [0.05, 0.1) is 31.8 Å². The Morgan fingerprint density at radius 2 is 1.22 bits per heavy atom. The largest absolute Gasteiger partial charge is 0.351 e. The molecule has 1 aliphatic rings. The van der Waals surface area contributed by atoms with Gasteiger partial charge in [0.15, 0.2) is 0 Å². The first kappa shape index (κ1) is 26.5. The first-order valence-electron chi connectivity index (χ1n) is 10.6. The molecule has 194 valence electrons. The molecule has 0 spiro atoms. The lowest BCUT2D eigenvalue weighted by Crippen LogP contribution is -2.50. The average molecular weight is 517 g/mol. The van der Waals surface area contributed by atoms with Gasteiger partial charge in [0.25, 0.3) is 34.6 Å². The number of nitrogens with zero attached hydrogens (tertiary/aromatic N) is 6. The number of nitro groups is 4. The quantitative estimate of drug-likeness (QED) is 0.370. The lowest BCUT2D eigenvalue weighted by atomic mass is 10.1. The van der Waals surface area contributed by atoms with Crippen molar-refractivity contribution in [2.24, 2.45) is 0 Å². The Morgan fingerprint density at radius 1 is 0.730 bits per heavy atom. The van der Waals surface area contributed by atoms with E-state index in [9.17, 15) is 50.0 Å². The number of hydrogen-bond donors (Lipinski definition) is 1. The lowest BCUT2D eigenvalue weighted by Gasteiger charge is -2.34. The van der Waals surface area contributed by atoms with Gasteiger partial charge in [0.1, 0.15) is 11.1 Å². The highest BCUT2D eigenvalue weighted by Gasteiger charge is 2.29. The van der Waals surface area contributed by atoms with Crippen molar-refractivity contribution in [3.63, 3.8) is 0 Å². The fraction of sp³-hybridized carbons (Fsp3) is 0.300. The molecule has 1 fully saturated rings. The third-order valence-corrected chi connectivity index (χ3v) is 5.63. The molecule has 2 aromatic carbocycles. The third-order valence-electron chi connectivity index (χ3n) is 5.63. The number of hydrogen-bond acceptors (Lipinski definition) is 11. The summed E-state index contributed by atoms with van der Waals surface area (Å²) in [5.74, 6) is -1.42. The second-order valence-corrected chi connectivity index (χ2v) is 7.82. The van der Waals surface area contributed by atoms with Gasteiger partial charge in [0, 0.05) is 51.4 Å². The summed E-state index contributed by atoms with van der Waals surface area (Å²) in [5.41, 5.74) is -2.97. The minimum atomic E-state index is -0.882. The number of nitro benzene ring substituents is 4. The van der Waals surface area contributed by atoms with E-state index in [2.05, 4.69) is 5.32 Å². The van der Waals surface area contributed by atoms with Crippen molar-refractivity contribution in [1.29, 1.82) is 0 Å². The van der Waals surface area contributed by atoms with Crippen molar-refractivity contribution in [3.8, 4) is 0 Å². The van der Waals surface area contributed by atoms with Crippen LogP contribution in [-0.2, 0) is 0 Å². The molecule has 2 amide bonds. The average Bonchev–Trinajstić information content (AvgIpc) is 2.87. The van der Waals surface area contributed by atoms with Gasteiger partial charge in [-0.15, -0.1) is 0 Å². The number of carbonyl (C=O) groups excluding carboxylic acids is 2. The molecule has 0 bridgehead atoms. The summed E-state index contributed by atoms with van der Waals surface area (Å²) in [6.07, 6.45) is 0. The van der Waals surface area contributed by atoms with Crippen molar-refractivity contribution in [3.05, 3.63) is 88.0 Å². The molecule has 2 aromatic rings. The first-order valence-corrected chi connectivity index (χ1v) is 10.6. The monoisotopic (exact) mass is 517 g/mol. The van der Waals surface area contributed by atoms with E-state index >= 15 is 0 Å². The highest BCUT2D eigenvalue weighted by atomic mass is 16.6. The zero-order valence-electron chi connectivity index (χ0n) is 19.0. The fourth-order valence-corrected chi connectivity index (χ4v) is 3.71. The maximum Gasteiger partial charge on any atom is 0.289 e. The van der Waals surface area contributed by atoms with Gasteiger partial charge in [0.2, 0.25) is 0 Å². The molecule has 0 atom stereocenters. The van der Waals surface area contributed by atoms with Crippen molar-refractivity contribution < 1.29 is 29.3 Å². The van der Waals surface area contributed by atoms with Gasteiger partial charge in [-0.1, -0.05) is 0 Å². The smallest absolute Gasteiger partial charge is 0.289 e. The van der Waals surface area contributed by atoms with Gasteiger partial charge >= 0.3 is 0 Å². The maximum atomic E-state index is 12.8. The van der Waals surface area contributed by atoms with E-state index < -0.39 is 54.3 Å². The molecule has 17 heteroatoms. The standard InChI is InChI=1S/C20H19N7O10/c28-19(15-3-1-13(24(30)31)11-17(15)26(34)35)21-5-6-22-7-9-23(10-8-22)20(29)16-4-2-14(25(32)33)12-18(16)27(36)37/h1-4,11-12H,5-10H2,(H,21,28). The van der Waals surface area contributed by atoms with Crippen LogP contribution < -0.4 is 5.32 Å². The molecule has 3 rings (SSSR count). The van der Waals surface area contributed by atoms with Gasteiger partial charge in [-0.3, -0.25) is 54.9 Å². The summed E-state index contributed by atoms with van der Waals surface area (Å²) in [4.78, 5) is 69.4. The van der Waals surface area contributed by atoms with E-state index in [1.54, 1.807) is 0 Å². The molecule has 1 aliphatic heterocycles. The number of benzene rings is 2. The highest BCUT2D eigenvalue weighted by Crippen LogP contribution is 2.26. The molecule has 0 radical (unpaired) electrons. The summed E-state index contributed by atoms with van der Waals surface area (Å²) in [6.45, 7) is 1.55. The topological polar surface area (TPSA) is 225 Å². The van der Waals surface area contributed by atoms with Gasteiger partial charge in [-0.25, -0.2) is 0 Å². The van der Waals surface area contributed by atoms with Crippen LogP contribution in [0.2, 0.25) is 0 Å². The molecule has 0 saturated carbocycles. The summed E-state index contributed by atoms with van der Waals surface area (Å²) in [7, 11) is 0. The Morgan fingerprint density at radius 3 is 1.70 bits per heavy atom. The van der Waals surface area contributed by atoms with Crippen LogP contribution in [0.4, 0.5) is 22.7 Å². The molecular weight excluding hydrogens is 498 g/mol. The molecule has 17 nitrogen and oxygen atoms in total. The maximum absolute atomic E-state index is 12.8. The van der Waals surface area contributed by atoms with Crippen molar-refractivity contribution in [2.75, 3.05) is 39.3 Å². The Kier molecular flexibility index (Phi) is 7.98. The Labute approximate surface area is 206 Å². The van der Waals surface area contributed by atoms with Gasteiger partial charge in [-0.2, -0.15) is 0 Å². The van der Waals surface area contributed by atoms with Crippen molar-refractivity contribution in [1.82, 2.24) is 15.1 Å². The highest BCUT2D eigenvalue weighted by molar-refractivity contribution is 5.99. The summed E-state index contributed by atoms with van der Waals surface area (Å²) >= 11 is 0. The molecule has 37 heavy (non-hydrogen) atoms. The molecule has 1 saturated heterocycles. The molecular formula is C20H19N7O10. The normalized spacial score (nSPS) is 13.6. The van der Waals surface area contributed by atoms with Crippen LogP contribution in [0.3, 0.4) is 0 Å². The lowest BCUT2D eigenvalue weighted by molar-refractivity contribution is -0.394. The fourth-order valence-electron chi connectivity index (χ4n) is 3.71. The van der Waals surface area contributed by atoms with Crippen LogP contribution in [0.25, 0.3) is 0 Å². The van der Waals surface area contributed by atoms with E-state index in [1.165, 1.54) is 4.90 Å². The zero-order valence-corrected chi connectivity index (χ0v) is 19.0. The summed E-state index contributed by atoms with van der Waals surface area (Å²) < 4.78 is 0. The first-order chi connectivity index (χ1) is 17.5. The molecule has 0 aromatic heterocycles. The van der Waals surface area contributed by atoms with E-state index in [0.29, 0.717) is 25.7 Å². The van der Waals surface area contributed by atoms with Crippen LogP contribution in [0.1, 0.15) is 20.7 Å². The van der Waals surface area contributed by atoms with Gasteiger partial charge in [-0.05, 0) is 12.1 Å². The van der Waals surface area contributed by atoms with Crippen LogP contribution in [0.15, 0.2) is 36.4 Å². The number of rotatable bonds is 9. The summed E-state index contributed by atoms with van der Waals surface area (Å²) in [5, 5.41) is 46.8. The van der Waals surface area contributed by atoms with Crippen molar-refractivity contribution >= 4 is 34.6 Å². The zero-order chi connectivity index (χ0) is 27.3. The second kappa shape index (κ2) is 11.1. The molecule has 1 N–H and O–H groups in total. The molecule has 0 unspecified atom stereocenters. The molecule has 1 heterocycles. The number of non-ortho nitro benzene ring substituents is 2. The van der Waals surface area contributed by atoms with Crippen molar-refractivity contribution in [2.45, 2.75) is 0 Å². The number of nitrogens with one attached hydrogen (secondary N) is 1. The van der Waals surface area contributed by atoms with Crippen LogP contribution in [0.5, 0.6) is 0 Å². The third kappa shape index (κ3) is 6.14. The van der Waals surface area contributed by atoms with Crippen LogP contribution in [-0.4, -0.2) is 80.6 Å². The van der Waals surface area contributed by atoms with E-state index in [-0.39, 0.29) is 30.8 Å². The number of piperazine rings is 1. The Balaban J connectivity index is 1.55. The van der Waals surface area contributed by atoms with Gasteiger partial charge < -0.3 is 10.2 Å². The minimum Gasteiger partial charge on any atom is -0.351 e.